The lowest BCUT2D eigenvalue weighted by atomic mass is 9.80. The summed E-state index contributed by atoms with van der Waals surface area (Å²) in [6.07, 6.45) is 5.30. The van der Waals surface area contributed by atoms with Crippen LogP contribution in [0.3, 0.4) is 0 Å². The number of aromatic nitrogens is 5. The number of fused-ring (bicyclic) bond motifs is 1. The Morgan fingerprint density at radius 1 is 1.44 bits per heavy atom. The molecule has 1 saturated carbocycles. The highest BCUT2D eigenvalue weighted by molar-refractivity contribution is 6.33. The molecule has 2 aromatic rings. The molecule has 1 aliphatic rings. The van der Waals surface area contributed by atoms with Crippen LogP contribution in [0.1, 0.15) is 32.2 Å². The van der Waals surface area contributed by atoms with E-state index in [9.17, 15) is 0 Å². The molecule has 0 spiro atoms. The zero-order valence-electron chi connectivity index (χ0n) is 8.97. The van der Waals surface area contributed by atoms with E-state index >= 15 is 0 Å². The van der Waals surface area contributed by atoms with E-state index in [2.05, 4.69) is 27.2 Å². The summed E-state index contributed by atoms with van der Waals surface area (Å²) >= 11 is 5.94. The molecule has 1 atom stereocenters. The van der Waals surface area contributed by atoms with Crippen LogP contribution in [0, 0.1) is 5.92 Å². The summed E-state index contributed by atoms with van der Waals surface area (Å²) in [4.78, 5) is 8.10. The molecule has 3 rings (SSSR count). The Bertz CT molecular complexity index is 519. The maximum absolute atomic E-state index is 5.94. The Balaban J connectivity index is 2.06. The minimum atomic E-state index is 0.338. The third-order valence-corrected chi connectivity index (χ3v) is 3.71. The molecule has 1 fully saturated rings. The van der Waals surface area contributed by atoms with Gasteiger partial charge in [-0.2, -0.15) is 0 Å². The van der Waals surface area contributed by atoms with Crippen LogP contribution < -0.4 is 0 Å². The first kappa shape index (κ1) is 9.96. The van der Waals surface area contributed by atoms with Gasteiger partial charge in [0.1, 0.15) is 6.33 Å². The Morgan fingerprint density at radius 2 is 2.25 bits per heavy atom. The summed E-state index contributed by atoms with van der Waals surface area (Å²) in [5.41, 5.74) is 1.33. The van der Waals surface area contributed by atoms with Crippen LogP contribution in [0.2, 0.25) is 5.15 Å². The van der Waals surface area contributed by atoms with E-state index in [4.69, 9.17) is 11.6 Å². The van der Waals surface area contributed by atoms with Gasteiger partial charge in [0.05, 0.1) is 6.04 Å². The number of hydrogen-bond acceptors (Lipinski definition) is 4. The molecule has 0 radical (unpaired) electrons. The fraction of sp³-hybridized carbons (Fsp3) is 0.600. The normalized spacial score (nSPS) is 18.6. The van der Waals surface area contributed by atoms with Gasteiger partial charge >= 0.3 is 0 Å². The van der Waals surface area contributed by atoms with Crippen LogP contribution in [0.5, 0.6) is 0 Å². The highest BCUT2D eigenvalue weighted by Gasteiger charge is 2.27. The molecule has 0 bridgehead atoms. The number of nitrogens with zero attached hydrogens (tertiary/aromatic N) is 5. The van der Waals surface area contributed by atoms with Gasteiger partial charge in [0.15, 0.2) is 16.3 Å². The Hall–Kier alpha value is -1.23. The van der Waals surface area contributed by atoms with Gasteiger partial charge in [-0.05, 0) is 25.7 Å². The molecule has 0 saturated heterocycles. The summed E-state index contributed by atoms with van der Waals surface area (Å²) in [5, 5.41) is 8.55. The van der Waals surface area contributed by atoms with Crippen LogP contribution in [0.15, 0.2) is 6.33 Å². The molecule has 6 heteroatoms. The number of rotatable bonds is 2. The second kappa shape index (κ2) is 3.66. The minimum absolute atomic E-state index is 0.338. The lowest BCUT2D eigenvalue weighted by Gasteiger charge is -2.31. The summed E-state index contributed by atoms with van der Waals surface area (Å²) < 4.78 is 1.87. The van der Waals surface area contributed by atoms with Crippen molar-refractivity contribution in [1.29, 1.82) is 0 Å². The molecule has 0 aliphatic heterocycles. The average Bonchev–Trinajstić information content (AvgIpc) is 2.59. The van der Waals surface area contributed by atoms with Crippen molar-refractivity contribution in [2.45, 2.75) is 32.2 Å². The lowest BCUT2D eigenvalue weighted by Crippen LogP contribution is -2.23. The molecule has 0 N–H and O–H groups in total. The Morgan fingerprint density at radius 3 is 2.94 bits per heavy atom. The second-order valence-corrected chi connectivity index (χ2v) is 4.66. The quantitative estimate of drug-likeness (QED) is 0.752. The van der Waals surface area contributed by atoms with Crippen molar-refractivity contribution in [3.8, 4) is 0 Å². The highest BCUT2D eigenvalue weighted by Crippen LogP contribution is 2.36. The molecule has 2 aromatic heterocycles. The van der Waals surface area contributed by atoms with Gasteiger partial charge in [-0.15, -0.1) is 5.10 Å². The first-order chi connectivity index (χ1) is 7.77. The van der Waals surface area contributed by atoms with Gasteiger partial charge in [-0.1, -0.05) is 23.2 Å². The van der Waals surface area contributed by atoms with E-state index in [-0.39, 0.29) is 0 Å². The van der Waals surface area contributed by atoms with Crippen LogP contribution >= 0.6 is 11.6 Å². The summed E-state index contributed by atoms with van der Waals surface area (Å²) in [6.45, 7) is 2.16. The maximum atomic E-state index is 5.94. The molecule has 16 heavy (non-hydrogen) atoms. The largest absolute Gasteiger partial charge is 0.224 e. The minimum Gasteiger partial charge on any atom is -0.224 e. The molecule has 84 valence electrons. The molecule has 0 amide bonds. The molecule has 1 aliphatic carbocycles. The monoisotopic (exact) mass is 237 g/mol. The van der Waals surface area contributed by atoms with Gasteiger partial charge in [0.25, 0.3) is 0 Å². The van der Waals surface area contributed by atoms with E-state index in [1.54, 1.807) is 0 Å². The third kappa shape index (κ3) is 1.38. The van der Waals surface area contributed by atoms with Crippen molar-refractivity contribution < 1.29 is 0 Å². The maximum Gasteiger partial charge on any atom is 0.183 e. The number of halogens is 1. The first-order valence-corrected chi connectivity index (χ1v) is 5.86. The molecular weight excluding hydrogens is 226 g/mol. The Kier molecular flexibility index (Phi) is 2.28. The summed E-state index contributed by atoms with van der Waals surface area (Å²) in [7, 11) is 0. The first-order valence-electron chi connectivity index (χ1n) is 5.49. The summed E-state index contributed by atoms with van der Waals surface area (Å²) in [6, 6.07) is 0.338. The standard InChI is InChI=1S/C10H12ClN5/c1-6(7-3-2-4-7)16-10-8(14-15-16)9(11)12-5-13-10/h5-7H,2-4H2,1H3. The van der Waals surface area contributed by atoms with Gasteiger partial charge < -0.3 is 0 Å². The third-order valence-electron chi connectivity index (χ3n) is 3.43. The molecule has 1 unspecified atom stereocenters. The van der Waals surface area contributed by atoms with Gasteiger partial charge in [-0.25, -0.2) is 14.6 Å². The lowest BCUT2D eigenvalue weighted by molar-refractivity contribution is 0.212. The van der Waals surface area contributed by atoms with E-state index in [1.165, 1.54) is 25.6 Å². The summed E-state index contributed by atoms with van der Waals surface area (Å²) in [5.74, 6) is 0.693. The number of hydrogen-bond donors (Lipinski definition) is 0. The van der Waals surface area contributed by atoms with Crippen molar-refractivity contribution in [2.75, 3.05) is 0 Å². The van der Waals surface area contributed by atoms with E-state index in [1.807, 2.05) is 4.68 Å². The fourth-order valence-electron chi connectivity index (χ4n) is 2.13. The van der Waals surface area contributed by atoms with Crippen molar-refractivity contribution in [3.63, 3.8) is 0 Å². The van der Waals surface area contributed by atoms with Gasteiger partial charge in [-0.3, -0.25) is 0 Å². The van der Waals surface area contributed by atoms with Crippen LogP contribution in [-0.2, 0) is 0 Å². The van der Waals surface area contributed by atoms with Crippen molar-refractivity contribution in [1.82, 2.24) is 25.0 Å². The zero-order valence-corrected chi connectivity index (χ0v) is 9.72. The SMILES string of the molecule is CC(C1CCC1)n1nnc2c(Cl)ncnc21. The smallest absolute Gasteiger partial charge is 0.183 e. The predicted octanol–water partition coefficient (Wildman–Crippen LogP) is 2.24. The zero-order chi connectivity index (χ0) is 11.1. The fourth-order valence-corrected chi connectivity index (χ4v) is 2.30. The topological polar surface area (TPSA) is 56.5 Å². The van der Waals surface area contributed by atoms with Gasteiger partial charge in [0, 0.05) is 0 Å². The molecule has 5 nitrogen and oxygen atoms in total. The van der Waals surface area contributed by atoms with E-state index in [0.29, 0.717) is 22.6 Å². The molecule has 2 heterocycles. The van der Waals surface area contributed by atoms with Crippen molar-refractivity contribution in [3.05, 3.63) is 11.5 Å². The van der Waals surface area contributed by atoms with Crippen molar-refractivity contribution >= 4 is 22.8 Å². The van der Waals surface area contributed by atoms with Crippen molar-refractivity contribution in [2.24, 2.45) is 5.92 Å². The van der Waals surface area contributed by atoms with Crippen LogP contribution in [-0.4, -0.2) is 25.0 Å². The van der Waals surface area contributed by atoms with Crippen LogP contribution in [0.25, 0.3) is 11.2 Å². The highest BCUT2D eigenvalue weighted by atomic mass is 35.5. The average molecular weight is 238 g/mol. The van der Waals surface area contributed by atoms with E-state index in [0.717, 1.165) is 5.65 Å². The van der Waals surface area contributed by atoms with Gasteiger partial charge in [0.2, 0.25) is 0 Å². The van der Waals surface area contributed by atoms with E-state index < -0.39 is 0 Å². The second-order valence-electron chi connectivity index (χ2n) is 4.30. The molecular formula is C10H12ClN5. The van der Waals surface area contributed by atoms with Crippen LogP contribution in [0.4, 0.5) is 0 Å². The predicted molar refractivity (Wildman–Crippen MR) is 60.2 cm³/mol. The Labute approximate surface area is 97.8 Å². The molecule has 0 aromatic carbocycles.